The second-order valence-electron chi connectivity index (χ2n) is 3.69. The normalized spacial score (nSPS) is 11.6. The minimum atomic E-state index is -2.87. The van der Waals surface area contributed by atoms with E-state index in [9.17, 15) is 13.2 Å². The Morgan fingerprint density at radius 3 is 2.44 bits per heavy atom. The van der Waals surface area contributed by atoms with Gasteiger partial charge in [-0.2, -0.15) is 0 Å². The largest absolute Gasteiger partial charge is 0.481 e. The lowest BCUT2D eigenvalue weighted by Crippen LogP contribution is -2.24. The molecule has 0 aromatic heterocycles. The van der Waals surface area contributed by atoms with Crippen molar-refractivity contribution in [3.8, 4) is 0 Å². The first kappa shape index (κ1) is 15.4. The van der Waals surface area contributed by atoms with Gasteiger partial charge in [0.05, 0.1) is 5.75 Å². The molecule has 0 saturated heterocycles. The van der Waals surface area contributed by atoms with Crippen molar-refractivity contribution in [2.45, 2.75) is 32.6 Å². The van der Waals surface area contributed by atoms with Gasteiger partial charge < -0.3 is 10.4 Å². The number of hydrogen-bond acceptors (Lipinski definition) is 4. The van der Waals surface area contributed by atoms with Gasteiger partial charge >= 0.3 is 5.97 Å². The fraction of sp³-hybridized carbons (Fsp3) is 0.900. The molecule has 96 valence electrons. The van der Waals surface area contributed by atoms with Crippen LogP contribution < -0.4 is 5.32 Å². The topological polar surface area (TPSA) is 83.5 Å². The van der Waals surface area contributed by atoms with E-state index in [-0.39, 0.29) is 17.9 Å². The van der Waals surface area contributed by atoms with Gasteiger partial charge in [0.2, 0.25) is 0 Å². The SMILES string of the molecule is CCS(=O)(=O)CCNCCCCCC(=O)O. The monoisotopic (exact) mass is 251 g/mol. The molecule has 16 heavy (non-hydrogen) atoms. The average molecular weight is 251 g/mol. The number of carbonyl (C=O) groups is 1. The average Bonchev–Trinajstić information content (AvgIpc) is 2.21. The Labute approximate surface area is 97.2 Å². The predicted molar refractivity (Wildman–Crippen MR) is 63.3 cm³/mol. The third-order valence-corrected chi connectivity index (χ3v) is 3.98. The van der Waals surface area contributed by atoms with Crippen molar-refractivity contribution in [3.05, 3.63) is 0 Å². The summed E-state index contributed by atoms with van der Waals surface area (Å²) >= 11 is 0. The van der Waals surface area contributed by atoms with Crippen LogP contribution in [0, 0.1) is 0 Å². The molecule has 0 radical (unpaired) electrons. The van der Waals surface area contributed by atoms with Gasteiger partial charge in [-0.25, -0.2) is 8.42 Å². The smallest absolute Gasteiger partial charge is 0.303 e. The summed E-state index contributed by atoms with van der Waals surface area (Å²) in [5, 5.41) is 11.4. The van der Waals surface area contributed by atoms with Crippen LogP contribution in [0.1, 0.15) is 32.6 Å². The van der Waals surface area contributed by atoms with E-state index in [1.54, 1.807) is 6.92 Å². The van der Waals surface area contributed by atoms with Crippen molar-refractivity contribution in [3.63, 3.8) is 0 Å². The summed E-state index contributed by atoms with van der Waals surface area (Å²) in [6.07, 6.45) is 2.65. The minimum Gasteiger partial charge on any atom is -0.481 e. The highest BCUT2D eigenvalue weighted by Crippen LogP contribution is 1.98. The van der Waals surface area contributed by atoms with Crippen LogP contribution in [0.3, 0.4) is 0 Å². The molecule has 0 heterocycles. The summed E-state index contributed by atoms with van der Waals surface area (Å²) in [5.41, 5.74) is 0. The molecule has 0 amide bonds. The van der Waals surface area contributed by atoms with Gasteiger partial charge in [-0.05, 0) is 19.4 Å². The molecule has 0 aromatic carbocycles. The summed E-state index contributed by atoms with van der Waals surface area (Å²) in [5.74, 6) is -0.395. The van der Waals surface area contributed by atoms with Crippen LogP contribution in [0.25, 0.3) is 0 Å². The molecular weight excluding hydrogens is 230 g/mol. The van der Waals surface area contributed by atoms with Gasteiger partial charge in [0, 0.05) is 18.7 Å². The van der Waals surface area contributed by atoms with Crippen molar-refractivity contribution in [1.82, 2.24) is 5.32 Å². The number of carboxylic acids is 1. The van der Waals surface area contributed by atoms with Crippen LogP contribution in [-0.2, 0) is 14.6 Å². The number of nitrogens with one attached hydrogen (secondary N) is 1. The number of rotatable bonds is 10. The van der Waals surface area contributed by atoms with Crippen molar-refractivity contribution in [2.75, 3.05) is 24.6 Å². The number of sulfone groups is 1. The van der Waals surface area contributed by atoms with Crippen molar-refractivity contribution in [1.29, 1.82) is 0 Å². The minimum absolute atomic E-state index is 0.179. The summed E-state index contributed by atoms with van der Waals surface area (Å²) in [7, 11) is -2.87. The van der Waals surface area contributed by atoms with E-state index in [2.05, 4.69) is 5.32 Å². The zero-order valence-electron chi connectivity index (χ0n) is 9.74. The fourth-order valence-electron chi connectivity index (χ4n) is 1.20. The van der Waals surface area contributed by atoms with E-state index in [0.29, 0.717) is 13.0 Å². The lowest BCUT2D eigenvalue weighted by Gasteiger charge is -2.04. The molecule has 0 aliphatic rings. The number of unbranched alkanes of at least 4 members (excludes halogenated alkanes) is 2. The molecule has 5 nitrogen and oxygen atoms in total. The molecule has 2 N–H and O–H groups in total. The lowest BCUT2D eigenvalue weighted by molar-refractivity contribution is -0.137. The fourth-order valence-corrected chi connectivity index (χ4v) is 1.94. The summed E-state index contributed by atoms with van der Waals surface area (Å²) in [6, 6.07) is 0. The van der Waals surface area contributed by atoms with Crippen LogP contribution in [0.5, 0.6) is 0 Å². The third-order valence-electron chi connectivity index (χ3n) is 2.27. The van der Waals surface area contributed by atoms with E-state index >= 15 is 0 Å². The molecular formula is C10H21NO4S. The highest BCUT2D eigenvalue weighted by atomic mass is 32.2. The predicted octanol–water partition coefficient (Wildman–Crippen LogP) is 0.656. The van der Waals surface area contributed by atoms with Gasteiger partial charge in [-0.1, -0.05) is 13.3 Å². The van der Waals surface area contributed by atoms with Crippen LogP contribution >= 0.6 is 0 Å². The highest BCUT2D eigenvalue weighted by Gasteiger charge is 2.05. The van der Waals surface area contributed by atoms with Crippen LogP contribution in [0.15, 0.2) is 0 Å². The third kappa shape index (κ3) is 9.92. The zero-order chi connectivity index (χ0) is 12.4. The Hall–Kier alpha value is -0.620. The Bertz CT molecular complexity index is 287. The molecule has 0 spiro atoms. The van der Waals surface area contributed by atoms with Gasteiger partial charge in [0.15, 0.2) is 9.84 Å². The molecule has 0 rings (SSSR count). The van der Waals surface area contributed by atoms with Gasteiger partial charge in [0.1, 0.15) is 0 Å². The Kier molecular flexibility index (Phi) is 8.19. The molecule has 0 aliphatic carbocycles. The van der Waals surface area contributed by atoms with Crippen LogP contribution in [0.4, 0.5) is 0 Å². The van der Waals surface area contributed by atoms with Gasteiger partial charge in [0.25, 0.3) is 0 Å². The Balaban J connectivity index is 3.25. The number of hydrogen-bond donors (Lipinski definition) is 2. The molecule has 0 unspecified atom stereocenters. The molecule has 0 atom stereocenters. The van der Waals surface area contributed by atoms with Gasteiger partial charge in [-0.15, -0.1) is 0 Å². The summed E-state index contributed by atoms with van der Waals surface area (Å²) < 4.78 is 22.2. The molecule has 0 aromatic rings. The first-order valence-electron chi connectivity index (χ1n) is 5.61. The van der Waals surface area contributed by atoms with E-state index in [4.69, 9.17) is 5.11 Å². The summed E-state index contributed by atoms with van der Waals surface area (Å²) in [6.45, 7) is 2.87. The second kappa shape index (κ2) is 8.52. The maximum absolute atomic E-state index is 11.1. The van der Waals surface area contributed by atoms with Crippen LogP contribution in [0.2, 0.25) is 0 Å². The van der Waals surface area contributed by atoms with Crippen molar-refractivity contribution in [2.24, 2.45) is 0 Å². The summed E-state index contributed by atoms with van der Waals surface area (Å²) in [4.78, 5) is 10.2. The molecule has 0 fully saturated rings. The maximum Gasteiger partial charge on any atom is 0.303 e. The molecule has 0 aliphatic heterocycles. The first-order valence-corrected chi connectivity index (χ1v) is 7.43. The quantitative estimate of drug-likeness (QED) is 0.557. The highest BCUT2D eigenvalue weighted by molar-refractivity contribution is 7.91. The maximum atomic E-state index is 11.1. The standard InChI is InChI=1S/C10H21NO4S/c1-2-16(14,15)9-8-11-7-5-3-4-6-10(12)13/h11H,2-9H2,1H3,(H,12,13). The van der Waals surface area contributed by atoms with Gasteiger partial charge in [-0.3, -0.25) is 4.79 Å². The second-order valence-corrected chi connectivity index (χ2v) is 6.16. The molecule has 6 heteroatoms. The zero-order valence-corrected chi connectivity index (χ0v) is 10.6. The van der Waals surface area contributed by atoms with E-state index in [1.807, 2.05) is 0 Å². The Morgan fingerprint density at radius 1 is 1.19 bits per heavy atom. The molecule has 0 bridgehead atoms. The Morgan fingerprint density at radius 2 is 1.88 bits per heavy atom. The van der Waals surface area contributed by atoms with Crippen molar-refractivity contribution >= 4 is 15.8 Å². The number of aliphatic carboxylic acids is 1. The number of carboxylic acid groups (broad SMARTS) is 1. The van der Waals surface area contributed by atoms with E-state index < -0.39 is 15.8 Å². The first-order chi connectivity index (χ1) is 7.48. The lowest BCUT2D eigenvalue weighted by atomic mass is 10.2. The van der Waals surface area contributed by atoms with E-state index in [0.717, 1.165) is 19.4 Å². The van der Waals surface area contributed by atoms with E-state index in [1.165, 1.54) is 0 Å². The molecule has 0 saturated carbocycles. The van der Waals surface area contributed by atoms with Crippen molar-refractivity contribution < 1.29 is 18.3 Å². The van der Waals surface area contributed by atoms with Crippen LogP contribution in [-0.4, -0.2) is 44.1 Å².